The molecule has 0 radical (unpaired) electrons. The minimum atomic E-state index is -0.626. The van der Waals surface area contributed by atoms with Crippen molar-refractivity contribution in [1.82, 2.24) is 16.3 Å². The number of amides is 3. The Labute approximate surface area is 211 Å². The molecule has 180 valence electrons. The number of furan rings is 1. The van der Waals surface area contributed by atoms with Gasteiger partial charge in [0.05, 0.1) is 16.3 Å². The van der Waals surface area contributed by atoms with E-state index in [-0.39, 0.29) is 22.3 Å². The van der Waals surface area contributed by atoms with E-state index in [9.17, 15) is 14.4 Å². The second-order valence-corrected chi connectivity index (χ2v) is 8.95. The Balaban J connectivity index is 1.48. The first-order valence-electron chi connectivity index (χ1n) is 10.9. The van der Waals surface area contributed by atoms with Crippen molar-refractivity contribution in [2.45, 2.75) is 33.1 Å². The van der Waals surface area contributed by atoms with Gasteiger partial charge in [0.15, 0.2) is 5.76 Å². The number of rotatable bonds is 4. The fraction of sp³-hybridized carbons (Fsp3) is 0.200. The molecule has 3 N–H and O–H groups in total. The quantitative estimate of drug-likeness (QED) is 0.437. The van der Waals surface area contributed by atoms with Crippen LogP contribution in [0.1, 0.15) is 66.6 Å². The number of aryl methyl sites for hydroxylation is 2. The number of benzene rings is 2. The van der Waals surface area contributed by atoms with Crippen LogP contribution in [0.2, 0.25) is 10.0 Å². The molecule has 0 atom stereocenters. The monoisotopic (exact) mass is 512 g/mol. The lowest BCUT2D eigenvalue weighted by Gasteiger charge is -2.13. The van der Waals surface area contributed by atoms with Gasteiger partial charge >= 0.3 is 5.91 Å². The van der Waals surface area contributed by atoms with Crippen molar-refractivity contribution < 1.29 is 18.8 Å². The van der Waals surface area contributed by atoms with E-state index in [1.165, 1.54) is 18.2 Å². The minimum Gasteiger partial charge on any atom is -0.455 e. The van der Waals surface area contributed by atoms with Crippen LogP contribution in [-0.4, -0.2) is 23.4 Å². The van der Waals surface area contributed by atoms with E-state index in [0.717, 1.165) is 12.0 Å². The molecule has 0 saturated carbocycles. The molecule has 1 heterocycles. The van der Waals surface area contributed by atoms with Crippen LogP contribution in [0.3, 0.4) is 0 Å². The largest absolute Gasteiger partial charge is 0.455 e. The van der Waals surface area contributed by atoms with Gasteiger partial charge in [-0.3, -0.25) is 25.2 Å². The van der Waals surface area contributed by atoms with Crippen molar-refractivity contribution in [2.75, 3.05) is 0 Å². The highest BCUT2D eigenvalue weighted by atomic mass is 35.5. The Kier molecular flexibility index (Phi) is 7.23. The smallest absolute Gasteiger partial charge is 0.305 e. The zero-order valence-corrected chi connectivity index (χ0v) is 20.5. The van der Waals surface area contributed by atoms with Gasteiger partial charge in [0.1, 0.15) is 5.76 Å². The molecular weight excluding hydrogens is 491 g/mol. The highest BCUT2D eigenvalue weighted by Gasteiger charge is 2.28. The number of carbonyl (C=O) groups excluding carboxylic acids is 3. The Morgan fingerprint density at radius 1 is 0.943 bits per heavy atom. The van der Waals surface area contributed by atoms with Crippen molar-refractivity contribution in [3.63, 3.8) is 0 Å². The number of nitrogens with one attached hydrogen (secondary N) is 3. The number of hydrogen-bond acceptors (Lipinski definition) is 5. The van der Waals surface area contributed by atoms with Crippen LogP contribution in [0.5, 0.6) is 0 Å². The fourth-order valence-corrected chi connectivity index (χ4v) is 4.37. The third-order valence-electron chi connectivity index (χ3n) is 5.57. The van der Waals surface area contributed by atoms with Crippen molar-refractivity contribution in [3.05, 3.63) is 91.8 Å². The second-order valence-electron chi connectivity index (χ2n) is 8.11. The van der Waals surface area contributed by atoms with Gasteiger partial charge < -0.3 is 4.42 Å². The summed E-state index contributed by atoms with van der Waals surface area (Å²) in [6, 6.07) is 11.6. The first-order valence-corrected chi connectivity index (χ1v) is 11.6. The molecule has 3 amide bonds. The fourth-order valence-electron chi connectivity index (χ4n) is 3.88. The van der Waals surface area contributed by atoms with Crippen LogP contribution in [0.25, 0.3) is 0 Å². The second kappa shape index (κ2) is 10.3. The van der Waals surface area contributed by atoms with Crippen LogP contribution >= 0.6 is 23.2 Å². The van der Waals surface area contributed by atoms with E-state index in [1.807, 2.05) is 13.0 Å². The average Bonchev–Trinajstić information content (AvgIpc) is 3.18. The summed E-state index contributed by atoms with van der Waals surface area (Å²) in [5, 5.41) is 4.87. The van der Waals surface area contributed by atoms with Crippen molar-refractivity contribution >= 4 is 46.6 Å². The summed E-state index contributed by atoms with van der Waals surface area (Å²) in [6.45, 7) is 3.64. The van der Waals surface area contributed by atoms with Gasteiger partial charge in [-0.2, -0.15) is 5.10 Å². The van der Waals surface area contributed by atoms with Crippen molar-refractivity contribution in [2.24, 2.45) is 5.10 Å². The standard InChI is InChI=1S/C25H22Cl2N4O4/c1-13-5-3-6-15(11-13)23(32)29-28-19-7-4-8-20-21(19)14(2)22(35-20)25(34)31-30-24(33)17-10-9-16(26)12-18(17)27/h3,5-6,9-12H,4,7-8H2,1-2H3,(H,29,32)(H,30,33)(H,31,34)/b28-19+. The lowest BCUT2D eigenvalue weighted by atomic mass is 9.93. The first kappa shape index (κ1) is 24.5. The third kappa shape index (κ3) is 5.39. The molecule has 2 aromatic carbocycles. The number of nitrogens with zero attached hydrogens (tertiary/aromatic N) is 1. The minimum absolute atomic E-state index is 0.0529. The molecule has 0 fully saturated rings. The van der Waals surface area contributed by atoms with Gasteiger partial charge in [-0.1, -0.05) is 40.9 Å². The summed E-state index contributed by atoms with van der Waals surface area (Å²) < 4.78 is 5.81. The molecule has 3 aromatic rings. The molecule has 4 rings (SSSR count). The summed E-state index contributed by atoms with van der Waals surface area (Å²) in [4.78, 5) is 37.6. The van der Waals surface area contributed by atoms with Gasteiger partial charge in [-0.15, -0.1) is 0 Å². The van der Waals surface area contributed by atoms with Gasteiger partial charge in [0.25, 0.3) is 11.8 Å². The van der Waals surface area contributed by atoms with E-state index in [2.05, 4.69) is 21.4 Å². The van der Waals surface area contributed by atoms with E-state index in [4.69, 9.17) is 27.6 Å². The van der Waals surface area contributed by atoms with Crippen LogP contribution in [0.4, 0.5) is 0 Å². The molecule has 0 aliphatic heterocycles. The predicted molar refractivity (Wildman–Crippen MR) is 133 cm³/mol. The van der Waals surface area contributed by atoms with Gasteiger partial charge in [-0.05, 0) is 57.0 Å². The molecule has 10 heteroatoms. The molecule has 1 aromatic heterocycles. The SMILES string of the molecule is Cc1cccc(C(=O)N/N=C2\CCCc3oc(C(=O)NNC(=O)c4ccc(Cl)cc4Cl)c(C)c32)c1. The van der Waals surface area contributed by atoms with Crippen LogP contribution in [-0.2, 0) is 6.42 Å². The zero-order valence-electron chi connectivity index (χ0n) is 19.0. The topological polar surface area (TPSA) is 113 Å². The lowest BCUT2D eigenvalue weighted by Crippen LogP contribution is -2.41. The van der Waals surface area contributed by atoms with E-state index in [0.29, 0.717) is 46.0 Å². The molecule has 1 aliphatic rings. The van der Waals surface area contributed by atoms with Gasteiger partial charge in [0.2, 0.25) is 0 Å². The molecule has 0 spiro atoms. The summed E-state index contributed by atoms with van der Waals surface area (Å²) in [6.07, 6.45) is 2.00. The highest BCUT2D eigenvalue weighted by molar-refractivity contribution is 6.36. The molecule has 8 nitrogen and oxygen atoms in total. The summed E-state index contributed by atoms with van der Waals surface area (Å²) in [7, 11) is 0. The number of hydrazone groups is 1. The van der Waals surface area contributed by atoms with Gasteiger partial charge in [0, 0.05) is 28.1 Å². The predicted octanol–water partition coefficient (Wildman–Crippen LogP) is 4.75. The zero-order chi connectivity index (χ0) is 25.1. The third-order valence-corrected chi connectivity index (χ3v) is 6.12. The molecular formula is C25H22Cl2N4O4. The summed E-state index contributed by atoms with van der Waals surface area (Å²) in [5.41, 5.74) is 10.8. The maximum absolute atomic E-state index is 12.8. The number of fused-ring (bicyclic) bond motifs is 1. The van der Waals surface area contributed by atoms with E-state index in [1.54, 1.807) is 25.1 Å². The first-order chi connectivity index (χ1) is 16.7. The molecule has 0 bridgehead atoms. The van der Waals surface area contributed by atoms with Crippen LogP contribution < -0.4 is 16.3 Å². The van der Waals surface area contributed by atoms with E-state index < -0.39 is 11.8 Å². The Bertz CT molecular complexity index is 1360. The van der Waals surface area contributed by atoms with Crippen LogP contribution in [0, 0.1) is 13.8 Å². The summed E-state index contributed by atoms with van der Waals surface area (Å²) >= 11 is 11.9. The molecule has 35 heavy (non-hydrogen) atoms. The lowest BCUT2D eigenvalue weighted by molar-refractivity contribution is 0.0829. The summed E-state index contributed by atoms with van der Waals surface area (Å²) in [5.74, 6) is -0.892. The normalized spacial score (nSPS) is 13.8. The Morgan fingerprint density at radius 2 is 1.71 bits per heavy atom. The number of carbonyl (C=O) groups is 3. The van der Waals surface area contributed by atoms with Crippen molar-refractivity contribution in [1.29, 1.82) is 0 Å². The number of hydrogen-bond donors (Lipinski definition) is 3. The van der Waals surface area contributed by atoms with Gasteiger partial charge in [-0.25, -0.2) is 5.43 Å². The molecule has 0 unspecified atom stereocenters. The Hall–Kier alpha value is -3.62. The van der Waals surface area contributed by atoms with E-state index >= 15 is 0 Å². The number of halogens is 2. The molecule has 1 aliphatic carbocycles. The maximum atomic E-state index is 12.8. The maximum Gasteiger partial charge on any atom is 0.305 e. The highest BCUT2D eigenvalue weighted by Crippen LogP contribution is 2.30. The number of hydrazine groups is 1. The Morgan fingerprint density at radius 3 is 2.46 bits per heavy atom. The molecule has 0 saturated heterocycles. The average molecular weight is 513 g/mol. The van der Waals surface area contributed by atoms with Crippen molar-refractivity contribution in [3.8, 4) is 0 Å². The van der Waals surface area contributed by atoms with Crippen LogP contribution in [0.15, 0.2) is 52.0 Å².